The molecule has 1 rings (SSSR count). The van der Waals surface area contributed by atoms with Gasteiger partial charge in [-0.15, -0.1) is 0 Å². The summed E-state index contributed by atoms with van der Waals surface area (Å²) in [5.74, 6) is -11.8. The van der Waals surface area contributed by atoms with Gasteiger partial charge in [0.25, 0.3) is 0 Å². The molecule has 0 heterocycles. The Hall–Kier alpha value is -1.88. The molecule has 0 radical (unpaired) electrons. The van der Waals surface area contributed by atoms with Crippen molar-refractivity contribution in [3.63, 3.8) is 0 Å². The number of hydrogen-bond donors (Lipinski definition) is 1. The molecule has 0 bridgehead atoms. The van der Waals surface area contributed by atoms with Gasteiger partial charge in [-0.05, 0) is 14.0 Å². The fourth-order valence-electron chi connectivity index (χ4n) is 1.31. The number of hydrogen-bond acceptors (Lipinski definition) is 3. The monoisotopic (exact) mass is 294 g/mol. The van der Waals surface area contributed by atoms with Crippen molar-refractivity contribution in [1.82, 2.24) is 5.32 Å². The van der Waals surface area contributed by atoms with E-state index in [1.54, 1.807) is 0 Å². The number of nitriles is 1. The Kier molecular flexibility index (Phi) is 4.89. The van der Waals surface area contributed by atoms with Crippen LogP contribution in [-0.4, -0.2) is 19.2 Å². The first-order valence-corrected chi connectivity index (χ1v) is 5.51. The second-order valence-corrected chi connectivity index (χ2v) is 4.19. The van der Waals surface area contributed by atoms with Crippen LogP contribution in [0.5, 0.6) is 5.75 Å². The first-order valence-electron chi connectivity index (χ1n) is 5.51. The van der Waals surface area contributed by atoms with Crippen molar-refractivity contribution in [1.29, 1.82) is 5.26 Å². The van der Waals surface area contributed by atoms with E-state index in [1.807, 2.05) is 6.07 Å². The average Bonchev–Trinajstić information content (AvgIpc) is 2.46. The highest BCUT2D eigenvalue weighted by Crippen LogP contribution is 2.29. The minimum atomic E-state index is -2.25. The van der Waals surface area contributed by atoms with E-state index < -0.39 is 47.0 Å². The molecule has 1 aromatic carbocycles. The summed E-state index contributed by atoms with van der Waals surface area (Å²) in [4.78, 5) is 0. The minimum absolute atomic E-state index is 0.0144. The molecule has 0 saturated heterocycles. The van der Waals surface area contributed by atoms with E-state index in [0.717, 1.165) is 0 Å². The quantitative estimate of drug-likeness (QED) is 0.516. The standard InChI is InChI=1S/C12H11F5N2O/c1-12(5-18,19-2)3-4-20-11-9(16)7(14)6(13)8(15)10(11)17/h19H,3-4H2,1-2H3. The smallest absolute Gasteiger partial charge is 0.206 e. The fraction of sp³-hybridized carbons (Fsp3) is 0.417. The van der Waals surface area contributed by atoms with Gasteiger partial charge in [-0.1, -0.05) is 0 Å². The number of nitrogens with zero attached hydrogens (tertiary/aromatic N) is 1. The molecule has 0 aliphatic rings. The summed E-state index contributed by atoms with van der Waals surface area (Å²) < 4.78 is 69.7. The molecule has 0 fully saturated rings. The summed E-state index contributed by atoms with van der Waals surface area (Å²) in [7, 11) is 1.49. The number of rotatable bonds is 5. The van der Waals surface area contributed by atoms with Gasteiger partial charge in [0.05, 0.1) is 12.7 Å². The lowest BCUT2D eigenvalue weighted by atomic mass is 10.0. The lowest BCUT2D eigenvalue weighted by Crippen LogP contribution is -2.39. The van der Waals surface area contributed by atoms with Gasteiger partial charge in [-0.3, -0.25) is 0 Å². The minimum Gasteiger partial charge on any atom is -0.487 e. The predicted molar refractivity (Wildman–Crippen MR) is 59.4 cm³/mol. The van der Waals surface area contributed by atoms with Crippen LogP contribution in [0.4, 0.5) is 22.0 Å². The number of ether oxygens (including phenoxy) is 1. The lowest BCUT2D eigenvalue weighted by molar-refractivity contribution is 0.237. The number of nitrogens with one attached hydrogen (secondary N) is 1. The van der Waals surface area contributed by atoms with Crippen molar-refractivity contribution < 1.29 is 26.7 Å². The molecule has 20 heavy (non-hydrogen) atoms. The average molecular weight is 294 g/mol. The van der Waals surface area contributed by atoms with E-state index in [2.05, 4.69) is 10.1 Å². The third-order valence-corrected chi connectivity index (χ3v) is 2.82. The maximum Gasteiger partial charge on any atom is 0.206 e. The molecule has 0 saturated carbocycles. The summed E-state index contributed by atoms with van der Waals surface area (Å²) in [6.07, 6.45) is -0.0144. The molecule has 0 aliphatic heterocycles. The second kappa shape index (κ2) is 6.05. The third-order valence-electron chi connectivity index (χ3n) is 2.82. The van der Waals surface area contributed by atoms with Gasteiger partial charge in [-0.25, -0.2) is 13.2 Å². The first-order chi connectivity index (χ1) is 9.27. The molecule has 0 aromatic heterocycles. The van der Waals surface area contributed by atoms with Crippen LogP contribution in [0.1, 0.15) is 13.3 Å². The van der Waals surface area contributed by atoms with Crippen molar-refractivity contribution in [2.24, 2.45) is 0 Å². The molecule has 3 nitrogen and oxygen atoms in total. The SMILES string of the molecule is CNC(C)(C#N)CCOc1c(F)c(F)c(F)c(F)c1F. The van der Waals surface area contributed by atoms with Crippen LogP contribution in [0, 0.1) is 40.4 Å². The molecule has 1 aromatic rings. The molecule has 8 heteroatoms. The summed E-state index contributed by atoms with van der Waals surface area (Å²) in [5.41, 5.74) is -1.04. The topological polar surface area (TPSA) is 45.0 Å². The first kappa shape index (κ1) is 16.2. The molecule has 0 aliphatic carbocycles. The highest BCUT2D eigenvalue weighted by molar-refractivity contribution is 5.29. The molecule has 1 N–H and O–H groups in total. The highest BCUT2D eigenvalue weighted by atomic mass is 19.2. The molecule has 0 spiro atoms. The van der Waals surface area contributed by atoms with Crippen molar-refractivity contribution in [2.45, 2.75) is 18.9 Å². The van der Waals surface area contributed by atoms with Crippen molar-refractivity contribution in [3.05, 3.63) is 29.1 Å². The molecule has 110 valence electrons. The zero-order chi connectivity index (χ0) is 15.5. The van der Waals surface area contributed by atoms with Crippen LogP contribution >= 0.6 is 0 Å². The fourth-order valence-corrected chi connectivity index (χ4v) is 1.31. The van der Waals surface area contributed by atoms with Crippen molar-refractivity contribution in [2.75, 3.05) is 13.7 Å². The normalized spacial score (nSPS) is 13.7. The van der Waals surface area contributed by atoms with E-state index in [4.69, 9.17) is 5.26 Å². The maximum absolute atomic E-state index is 13.3. The molecular formula is C12H11F5N2O. The van der Waals surface area contributed by atoms with Crippen LogP contribution in [0.3, 0.4) is 0 Å². The summed E-state index contributed by atoms with van der Waals surface area (Å²) >= 11 is 0. The van der Waals surface area contributed by atoms with Crippen molar-refractivity contribution in [3.8, 4) is 11.8 Å². The maximum atomic E-state index is 13.3. The van der Waals surface area contributed by atoms with E-state index in [9.17, 15) is 22.0 Å². The molecule has 1 unspecified atom stereocenters. The Balaban J connectivity index is 2.93. The lowest BCUT2D eigenvalue weighted by Gasteiger charge is -2.20. The van der Waals surface area contributed by atoms with Crippen LogP contribution in [-0.2, 0) is 0 Å². The zero-order valence-corrected chi connectivity index (χ0v) is 10.7. The van der Waals surface area contributed by atoms with E-state index in [-0.39, 0.29) is 6.42 Å². The number of halogens is 5. The summed E-state index contributed by atoms with van der Waals surface area (Å²) in [6.45, 7) is 1.10. The van der Waals surface area contributed by atoms with Crippen LogP contribution < -0.4 is 10.1 Å². The van der Waals surface area contributed by atoms with Gasteiger partial charge in [0.1, 0.15) is 5.54 Å². The van der Waals surface area contributed by atoms with Crippen LogP contribution in [0.2, 0.25) is 0 Å². The predicted octanol–water partition coefficient (Wildman–Crippen LogP) is 2.65. The highest BCUT2D eigenvalue weighted by Gasteiger charge is 2.28. The number of benzene rings is 1. The summed E-state index contributed by atoms with van der Waals surface area (Å²) in [6, 6.07) is 1.89. The Labute approximate surface area is 112 Å². The molecular weight excluding hydrogens is 283 g/mol. The van der Waals surface area contributed by atoms with Crippen LogP contribution in [0.15, 0.2) is 0 Å². The molecule has 1 atom stereocenters. The van der Waals surface area contributed by atoms with E-state index >= 15 is 0 Å². The van der Waals surface area contributed by atoms with Gasteiger partial charge in [0.2, 0.25) is 29.1 Å². The third kappa shape index (κ3) is 2.99. The Morgan fingerprint density at radius 3 is 1.90 bits per heavy atom. The Bertz CT molecular complexity index is 529. The van der Waals surface area contributed by atoms with Gasteiger partial charge >= 0.3 is 0 Å². The molecule has 0 amide bonds. The van der Waals surface area contributed by atoms with Crippen LogP contribution in [0.25, 0.3) is 0 Å². The van der Waals surface area contributed by atoms with E-state index in [0.29, 0.717) is 0 Å². The van der Waals surface area contributed by atoms with E-state index in [1.165, 1.54) is 14.0 Å². The van der Waals surface area contributed by atoms with Gasteiger partial charge < -0.3 is 10.1 Å². The summed E-state index contributed by atoms with van der Waals surface area (Å²) in [5, 5.41) is 11.5. The van der Waals surface area contributed by atoms with Gasteiger partial charge in [-0.2, -0.15) is 14.0 Å². The van der Waals surface area contributed by atoms with Crippen molar-refractivity contribution >= 4 is 0 Å². The second-order valence-electron chi connectivity index (χ2n) is 4.19. The Morgan fingerprint density at radius 1 is 1.05 bits per heavy atom. The van der Waals surface area contributed by atoms with Gasteiger partial charge in [0, 0.05) is 6.42 Å². The Morgan fingerprint density at radius 2 is 1.50 bits per heavy atom. The zero-order valence-electron chi connectivity index (χ0n) is 10.7. The van der Waals surface area contributed by atoms with Gasteiger partial charge in [0.15, 0.2) is 5.75 Å². The largest absolute Gasteiger partial charge is 0.487 e.